The van der Waals surface area contributed by atoms with Crippen LogP contribution < -0.4 is 0 Å². The zero-order valence-electron chi connectivity index (χ0n) is 12.0. The summed E-state index contributed by atoms with van der Waals surface area (Å²) in [5.41, 5.74) is -1.73. The van der Waals surface area contributed by atoms with E-state index in [0.717, 1.165) is 0 Å². The number of methoxy groups -OCH3 is 1. The lowest BCUT2D eigenvalue weighted by atomic mass is 9.81. The molecule has 106 valence electrons. The van der Waals surface area contributed by atoms with E-state index in [1.807, 2.05) is 6.92 Å². The summed E-state index contributed by atoms with van der Waals surface area (Å²) < 4.78 is 10.2. The van der Waals surface area contributed by atoms with Gasteiger partial charge in [0.2, 0.25) is 11.4 Å². The van der Waals surface area contributed by atoms with Crippen LogP contribution in [0.15, 0.2) is 11.8 Å². The molecular weight excluding hydrogens is 248 g/mol. The highest BCUT2D eigenvalue weighted by Gasteiger charge is 2.50. The Labute approximate surface area is 112 Å². The van der Waals surface area contributed by atoms with E-state index in [-0.39, 0.29) is 5.92 Å². The van der Waals surface area contributed by atoms with Crippen molar-refractivity contribution in [2.75, 3.05) is 7.11 Å². The number of allylic oxidation sites excluding steroid dienone is 1. The molecule has 3 atom stereocenters. The van der Waals surface area contributed by atoms with Crippen LogP contribution >= 0.6 is 0 Å². The number of rotatable bonds is 4. The zero-order valence-corrected chi connectivity index (χ0v) is 12.0. The van der Waals surface area contributed by atoms with Crippen LogP contribution in [0.5, 0.6) is 0 Å². The number of Topliss-reactive ketones (excluding diaryl/α,β-unsaturated/α-hetero) is 1. The molecule has 0 saturated heterocycles. The predicted molar refractivity (Wildman–Crippen MR) is 68.2 cm³/mol. The van der Waals surface area contributed by atoms with Crippen LogP contribution in [0.2, 0.25) is 0 Å². The molecule has 3 unspecified atom stereocenters. The maximum atomic E-state index is 12.3. The monoisotopic (exact) mass is 268 g/mol. The lowest BCUT2D eigenvalue weighted by molar-refractivity contribution is -0.175. The van der Waals surface area contributed by atoms with Gasteiger partial charge in [0.25, 0.3) is 0 Å². The normalized spacial score (nSPS) is 28.7. The van der Waals surface area contributed by atoms with Crippen LogP contribution in [-0.2, 0) is 23.9 Å². The molecule has 5 nitrogen and oxygen atoms in total. The fourth-order valence-corrected chi connectivity index (χ4v) is 1.86. The van der Waals surface area contributed by atoms with Crippen LogP contribution in [0.3, 0.4) is 0 Å². The average molecular weight is 268 g/mol. The minimum atomic E-state index is -1.73. The number of carbonyl (C=O) groups is 3. The van der Waals surface area contributed by atoms with Crippen LogP contribution in [0.1, 0.15) is 34.1 Å². The molecule has 0 aromatic carbocycles. The van der Waals surface area contributed by atoms with Crippen molar-refractivity contribution >= 4 is 17.5 Å². The third-order valence-corrected chi connectivity index (χ3v) is 3.59. The molecule has 5 heteroatoms. The molecule has 0 saturated carbocycles. The second kappa shape index (κ2) is 5.55. The first-order valence-electron chi connectivity index (χ1n) is 6.35. The summed E-state index contributed by atoms with van der Waals surface area (Å²) in [5, 5.41) is 0. The highest BCUT2D eigenvalue weighted by Crippen LogP contribution is 2.30. The molecule has 0 bridgehead atoms. The summed E-state index contributed by atoms with van der Waals surface area (Å²) in [6.07, 6.45) is 1.82. The van der Waals surface area contributed by atoms with Gasteiger partial charge in [0, 0.05) is 6.08 Å². The lowest BCUT2D eigenvalue weighted by Crippen LogP contribution is -2.53. The van der Waals surface area contributed by atoms with Crippen LogP contribution in [0.4, 0.5) is 0 Å². The molecule has 1 rings (SSSR count). The molecule has 19 heavy (non-hydrogen) atoms. The van der Waals surface area contributed by atoms with Gasteiger partial charge < -0.3 is 9.47 Å². The van der Waals surface area contributed by atoms with E-state index >= 15 is 0 Å². The minimum Gasteiger partial charge on any atom is -0.500 e. The fourth-order valence-electron chi connectivity index (χ4n) is 1.86. The molecule has 1 aliphatic rings. The molecule has 1 aliphatic carbocycles. The van der Waals surface area contributed by atoms with Gasteiger partial charge in [-0.1, -0.05) is 13.8 Å². The van der Waals surface area contributed by atoms with Crippen molar-refractivity contribution in [3.05, 3.63) is 11.8 Å². The van der Waals surface area contributed by atoms with Gasteiger partial charge in [0.1, 0.15) is 5.76 Å². The topological polar surface area (TPSA) is 69.7 Å². The molecular formula is C14H20O5. The first-order chi connectivity index (χ1) is 8.77. The third kappa shape index (κ3) is 2.69. The Bertz CT molecular complexity index is 437. The SMILES string of the molecule is CCC(C)C(=O)OC1(C)C(=O)C=C(OC)C(C)C1=O. The summed E-state index contributed by atoms with van der Waals surface area (Å²) >= 11 is 0. The van der Waals surface area contributed by atoms with E-state index in [1.54, 1.807) is 13.8 Å². The van der Waals surface area contributed by atoms with Gasteiger partial charge in [-0.25, -0.2) is 0 Å². The number of hydrogen-bond donors (Lipinski definition) is 0. The Balaban J connectivity index is 3.05. The highest BCUT2D eigenvalue weighted by atomic mass is 16.6. The minimum absolute atomic E-state index is 0.298. The number of carbonyl (C=O) groups excluding carboxylic acids is 3. The molecule has 0 N–H and O–H groups in total. The van der Waals surface area contributed by atoms with Gasteiger partial charge >= 0.3 is 5.97 Å². The molecule has 0 spiro atoms. The molecule has 0 aromatic rings. The van der Waals surface area contributed by atoms with E-state index < -0.39 is 29.1 Å². The van der Waals surface area contributed by atoms with Crippen LogP contribution in [0, 0.1) is 11.8 Å². The Morgan fingerprint density at radius 2 is 2.05 bits per heavy atom. The van der Waals surface area contributed by atoms with Gasteiger partial charge in [-0.05, 0) is 20.3 Å². The smallest absolute Gasteiger partial charge is 0.310 e. The van der Waals surface area contributed by atoms with Crippen molar-refractivity contribution in [3.63, 3.8) is 0 Å². The average Bonchev–Trinajstić information content (AvgIpc) is 2.39. The molecule has 0 radical (unpaired) electrons. The maximum absolute atomic E-state index is 12.3. The van der Waals surface area contributed by atoms with Crippen molar-refractivity contribution < 1.29 is 23.9 Å². The van der Waals surface area contributed by atoms with Crippen LogP contribution in [0.25, 0.3) is 0 Å². The van der Waals surface area contributed by atoms with Crippen molar-refractivity contribution in [2.24, 2.45) is 11.8 Å². The first kappa shape index (κ1) is 15.4. The van der Waals surface area contributed by atoms with Gasteiger partial charge in [0.15, 0.2) is 5.78 Å². The van der Waals surface area contributed by atoms with Gasteiger partial charge in [-0.3, -0.25) is 14.4 Å². The molecule has 0 heterocycles. The largest absolute Gasteiger partial charge is 0.500 e. The van der Waals surface area contributed by atoms with Gasteiger partial charge in [-0.2, -0.15) is 0 Å². The zero-order chi connectivity index (χ0) is 14.8. The van der Waals surface area contributed by atoms with Gasteiger partial charge in [-0.15, -0.1) is 0 Å². The fraction of sp³-hybridized carbons (Fsp3) is 0.643. The standard InChI is InChI=1S/C14H20O5/c1-6-8(2)13(17)19-14(4)11(15)7-10(18-5)9(3)12(14)16/h7-9H,6H2,1-5H3. The molecule has 0 amide bonds. The summed E-state index contributed by atoms with van der Waals surface area (Å²) in [7, 11) is 1.40. The highest BCUT2D eigenvalue weighted by molar-refractivity contribution is 6.19. The predicted octanol–water partition coefficient (Wildman–Crippen LogP) is 1.65. The molecule has 0 aromatic heterocycles. The maximum Gasteiger partial charge on any atom is 0.310 e. The Morgan fingerprint density at radius 3 is 2.53 bits per heavy atom. The van der Waals surface area contributed by atoms with E-state index in [4.69, 9.17) is 9.47 Å². The summed E-state index contributed by atoms with van der Waals surface area (Å²) in [5.74, 6) is -2.18. The molecule has 0 aliphatic heterocycles. The number of hydrogen-bond acceptors (Lipinski definition) is 5. The van der Waals surface area contributed by atoms with Crippen molar-refractivity contribution in [2.45, 2.75) is 39.7 Å². The third-order valence-electron chi connectivity index (χ3n) is 3.59. The number of esters is 1. The van der Waals surface area contributed by atoms with Crippen LogP contribution in [-0.4, -0.2) is 30.2 Å². The lowest BCUT2D eigenvalue weighted by Gasteiger charge is -2.33. The Hall–Kier alpha value is -1.65. The quantitative estimate of drug-likeness (QED) is 0.573. The van der Waals surface area contributed by atoms with Crippen molar-refractivity contribution in [1.29, 1.82) is 0 Å². The van der Waals surface area contributed by atoms with E-state index in [9.17, 15) is 14.4 Å². The van der Waals surface area contributed by atoms with Crippen molar-refractivity contribution in [3.8, 4) is 0 Å². The second-order valence-electron chi connectivity index (χ2n) is 4.96. The van der Waals surface area contributed by atoms with E-state index in [1.165, 1.54) is 20.1 Å². The number of ketones is 2. The number of ether oxygens (including phenoxy) is 2. The first-order valence-corrected chi connectivity index (χ1v) is 6.35. The Morgan fingerprint density at radius 1 is 1.47 bits per heavy atom. The second-order valence-corrected chi connectivity index (χ2v) is 4.96. The van der Waals surface area contributed by atoms with Gasteiger partial charge in [0.05, 0.1) is 18.9 Å². The van der Waals surface area contributed by atoms with E-state index in [0.29, 0.717) is 12.2 Å². The Kier molecular flexibility index (Phi) is 4.50. The summed E-state index contributed by atoms with van der Waals surface area (Å²) in [6, 6.07) is 0. The molecule has 0 fully saturated rings. The summed E-state index contributed by atoms with van der Waals surface area (Å²) in [4.78, 5) is 36.1. The summed E-state index contributed by atoms with van der Waals surface area (Å²) in [6.45, 7) is 6.50. The van der Waals surface area contributed by atoms with E-state index in [2.05, 4.69) is 0 Å². The van der Waals surface area contributed by atoms with Crippen molar-refractivity contribution in [1.82, 2.24) is 0 Å².